The molecule has 1 aliphatic heterocycles. The molecule has 1 heterocycles. The van der Waals surface area contributed by atoms with Gasteiger partial charge in [-0.3, -0.25) is 4.31 Å². The highest BCUT2D eigenvalue weighted by molar-refractivity contribution is 7.92. The topological polar surface area (TPSA) is 49.9 Å². The maximum atomic E-state index is 14.8. The number of rotatable bonds is 11. The molecule has 0 radical (unpaired) electrons. The van der Waals surface area contributed by atoms with Crippen LogP contribution in [0.2, 0.25) is 5.02 Å². The van der Waals surface area contributed by atoms with Crippen LogP contribution in [-0.2, 0) is 16.4 Å². The van der Waals surface area contributed by atoms with Crippen LogP contribution in [0.25, 0.3) is 0 Å². The third-order valence-electron chi connectivity index (χ3n) is 6.46. The fourth-order valence-corrected chi connectivity index (χ4v) is 6.10. The normalized spacial score (nSPS) is 14.1. The summed E-state index contributed by atoms with van der Waals surface area (Å²) in [5.74, 6) is -0.906. The summed E-state index contributed by atoms with van der Waals surface area (Å²) >= 11 is 5.92. The van der Waals surface area contributed by atoms with Crippen molar-refractivity contribution in [3.63, 3.8) is 0 Å². The molecule has 10 heteroatoms. The SMILES string of the molecule is Cl.O=S(=O)(c1ccc(Cl)cc1)N(CCc1ccccc1OCCCN1CCCCC1)c1cc(F)ccc1F. The van der Waals surface area contributed by atoms with Gasteiger partial charge < -0.3 is 9.64 Å². The number of benzene rings is 3. The van der Waals surface area contributed by atoms with Crippen LogP contribution in [0.5, 0.6) is 5.75 Å². The number of likely N-dealkylation sites (tertiary alicyclic amines) is 1. The van der Waals surface area contributed by atoms with Crippen molar-refractivity contribution in [3.05, 3.63) is 89.0 Å². The number of sulfonamides is 1. The van der Waals surface area contributed by atoms with Gasteiger partial charge in [0.2, 0.25) is 0 Å². The summed E-state index contributed by atoms with van der Waals surface area (Å²) in [6.07, 6.45) is 4.91. The van der Waals surface area contributed by atoms with Crippen LogP contribution in [0.1, 0.15) is 31.2 Å². The van der Waals surface area contributed by atoms with Gasteiger partial charge in [0.1, 0.15) is 17.4 Å². The molecule has 0 spiro atoms. The Morgan fingerprint density at radius 1 is 0.947 bits per heavy atom. The maximum Gasteiger partial charge on any atom is 0.264 e. The van der Waals surface area contributed by atoms with Gasteiger partial charge in [0.15, 0.2) is 0 Å². The average Bonchev–Trinajstić information content (AvgIpc) is 2.90. The molecule has 5 nitrogen and oxygen atoms in total. The Bertz CT molecular complexity index is 1290. The zero-order chi connectivity index (χ0) is 26.3. The first-order valence-electron chi connectivity index (χ1n) is 12.5. The van der Waals surface area contributed by atoms with Gasteiger partial charge in [-0.1, -0.05) is 36.2 Å². The lowest BCUT2D eigenvalue weighted by molar-refractivity contribution is 0.204. The van der Waals surface area contributed by atoms with Gasteiger partial charge in [0.25, 0.3) is 10.0 Å². The van der Waals surface area contributed by atoms with Gasteiger partial charge in [-0.2, -0.15) is 0 Å². The lowest BCUT2D eigenvalue weighted by Gasteiger charge is -2.26. The summed E-state index contributed by atoms with van der Waals surface area (Å²) in [5, 5.41) is 0.369. The van der Waals surface area contributed by atoms with Gasteiger partial charge >= 0.3 is 0 Å². The third-order valence-corrected chi connectivity index (χ3v) is 8.54. The molecule has 0 aliphatic carbocycles. The van der Waals surface area contributed by atoms with E-state index in [2.05, 4.69) is 4.90 Å². The molecule has 4 rings (SSSR count). The number of para-hydroxylation sites is 1. The standard InChI is InChI=1S/C28H31ClF2N2O3S.ClH/c29-23-9-12-25(13-10-23)37(34,35)33(27-21-24(30)11-14-26(27)31)19-15-22-7-2-3-8-28(22)36-20-6-18-32-16-4-1-5-17-32;/h2-3,7-14,21H,1,4-6,15-20H2;1H. The van der Waals surface area contributed by atoms with E-state index in [1.807, 2.05) is 24.3 Å². The van der Waals surface area contributed by atoms with Crippen LogP contribution in [0, 0.1) is 11.6 Å². The molecule has 1 aliphatic rings. The maximum absolute atomic E-state index is 14.8. The van der Waals surface area contributed by atoms with Crippen LogP contribution >= 0.6 is 24.0 Å². The highest BCUT2D eigenvalue weighted by atomic mass is 35.5. The number of hydrogen-bond donors (Lipinski definition) is 0. The number of piperidine rings is 1. The zero-order valence-corrected chi connectivity index (χ0v) is 23.4. The molecule has 3 aromatic carbocycles. The zero-order valence-electron chi connectivity index (χ0n) is 21.0. The van der Waals surface area contributed by atoms with E-state index in [-0.39, 0.29) is 36.0 Å². The van der Waals surface area contributed by atoms with E-state index in [1.54, 1.807) is 0 Å². The highest BCUT2D eigenvalue weighted by Crippen LogP contribution is 2.29. The minimum atomic E-state index is -4.20. The van der Waals surface area contributed by atoms with Crippen molar-refractivity contribution in [2.24, 2.45) is 0 Å². The van der Waals surface area contributed by atoms with Crippen molar-refractivity contribution >= 4 is 39.7 Å². The number of anilines is 1. The van der Waals surface area contributed by atoms with Gasteiger partial charge in [-0.05, 0) is 86.8 Å². The van der Waals surface area contributed by atoms with Crippen molar-refractivity contribution < 1.29 is 21.9 Å². The minimum Gasteiger partial charge on any atom is -0.493 e. The van der Waals surface area contributed by atoms with E-state index < -0.39 is 21.7 Å². The van der Waals surface area contributed by atoms with E-state index in [0.717, 1.165) is 54.1 Å². The number of ether oxygens (including phenoxy) is 1. The Morgan fingerprint density at radius 3 is 2.39 bits per heavy atom. The first kappa shape index (κ1) is 30.2. The minimum absolute atomic E-state index is 0. The molecular weight excluding hydrogens is 553 g/mol. The van der Waals surface area contributed by atoms with Crippen LogP contribution in [0.15, 0.2) is 71.6 Å². The summed E-state index contributed by atoms with van der Waals surface area (Å²) in [4.78, 5) is 2.38. The van der Waals surface area contributed by atoms with Gasteiger partial charge in [0, 0.05) is 24.2 Å². The second kappa shape index (κ2) is 14.1. The Balaban J connectivity index is 0.00000400. The molecule has 0 saturated carbocycles. The number of halogens is 4. The quantitative estimate of drug-likeness (QED) is 0.234. The summed E-state index contributed by atoms with van der Waals surface area (Å²) in [6.45, 7) is 3.67. The fourth-order valence-electron chi connectivity index (χ4n) is 4.51. The van der Waals surface area contributed by atoms with E-state index in [9.17, 15) is 17.2 Å². The Morgan fingerprint density at radius 2 is 1.66 bits per heavy atom. The molecule has 3 aromatic rings. The fraction of sp³-hybridized carbons (Fsp3) is 0.357. The van der Waals surface area contributed by atoms with Crippen molar-refractivity contribution in [1.82, 2.24) is 4.90 Å². The summed E-state index contributed by atoms with van der Waals surface area (Å²) in [5.41, 5.74) is 0.434. The first-order valence-corrected chi connectivity index (χ1v) is 14.3. The number of nitrogens with zero attached hydrogens (tertiary/aromatic N) is 2. The monoisotopic (exact) mass is 584 g/mol. The van der Waals surface area contributed by atoms with Crippen LogP contribution in [-0.4, -0.2) is 46.1 Å². The van der Waals surface area contributed by atoms with Crippen LogP contribution < -0.4 is 9.04 Å². The summed E-state index contributed by atoms with van der Waals surface area (Å²) < 4.78 is 62.8. The summed E-state index contributed by atoms with van der Waals surface area (Å²) in [6, 6.07) is 15.8. The Hall–Kier alpha value is -2.39. The predicted molar refractivity (Wildman–Crippen MR) is 150 cm³/mol. The molecule has 0 unspecified atom stereocenters. The number of hydrogen-bond acceptors (Lipinski definition) is 4. The third kappa shape index (κ3) is 7.82. The molecule has 0 atom stereocenters. The molecule has 38 heavy (non-hydrogen) atoms. The van der Waals surface area contributed by atoms with Crippen LogP contribution in [0.3, 0.4) is 0 Å². The highest BCUT2D eigenvalue weighted by Gasteiger charge is 2.28. The smallest absolute Gasteiger partial charge is 0.264 e. The van der Waals surface area contributed by atoms with Gasteiger partial charge in [-0.15, -0.1) is 12.4 Å². The molecule has 0 aromatic heterocycles. The molecule has 206 valence electrons. The average molecular weight is 586 g/mol. The van der Waals surface area contributed by atoms with Gasteiger partial charge in [0.05, 0.1) is 17.2 Å². The van der Waals surface area contributed by atoms with E-state index in [1.165, 1.54) is 43.5 Å². The molecule has 0 bridgehead atoms. The van der Waals surface area contributed by atoms with Crippen molar-refractivity contribution in [1.29, 1.82) is 0 Å². The van der Waals surface area contributed by atoms with E-state index in [0.29, 0.717) is 17.4 Å². The molecular formula is C28H32Cl2F2N2O3S. The van der Waals surface area contributed by atoms with Crippen molar-refractivity contribution in [2.75, 3.05) is 37.1 Å². The van der Waals surface area contributed by atoms with Crippen molar-refractivity contribution in [3.8, 4) is 5.75 Å². The predicted octanol–water partition coefficient (Wildman–Crippen LogP) is 6.73. The Kier molecular flexibility index (Phi) is 11.2. The molecule has 1 saturated heterocycles. The molecule has 1 fully saturated rings. The first-order chi connectivity index (χ1) is 17.8. The second-order valence-corrected chi connectivity index (χ2v) is 11.4. The largest absolute Gasteiger partial charge is 0.493 e. The second-order valence-electron chi connectivity index (χ2n) is 9.09. The van der Waals surface area contributed by atoms with Crippen molar-refractivity contribution in [2.45, 2.75) is 37.0 Å². The Labute approximate surface area is 234 Å². The molecule has 0 amide bonds. The lowest BCUT2D eigenvalue weighted by Crippen LogP contribution is -2.34. The van der Waals surface area contributed by atoms with E-state index >= 15 is 0 Å². The molecule has 0 N–H and O–H groups in total. The summed E-state index contributed by atoms with van der Waals surface area (Å²) in [7, 11) is -4.20. The van der Waals surface area contributed by atoms with Crippen LogP contribution in [0.4, 0.5) is 14.5 Å². The van der Waals surface area contributed by atoms with E-state index in [4.69, 9.17) is 16.3 Å². The van der Waals surface area contributed by atoms with Gasteiger partial charge in [-0.25, -0.2) is 17.2 Å². The lowest BCUT2D eigenvalue weighted by atomic mass is 10.1.